The van der Waals surface area contributed by atoms with Crippen LogP contribution in [0, 0.1) is 12.7 Å². The number of aryl methyl sites for hydroxylation is 1. The van der Waals surface area contributed by atoms with Gasteiger partial charge in [-0.25, -0.2) is 17.8 Å². The van der Waals surface area contributed by atoms with Crippen LogP contribution in [-0.4, -0.2) is 75.0 Å². The molecule has 3 aromatic rings. The van der Waals surface area contributed by atoms with E-state index in [4.69, 9.17) is 0 Å². The van der Waals surface area contributed by atoms with Gasteiger partial charge in [0.05, 0.1) is 39.9 Å². The highest BCUT2D eigenvalue weighted by Gasteiger charge is 2.42. The molecule has 0 bridgehead atoms. The van der Waals surface area contributed by atoms with Gasteiger partial charge in [-0.05, 0) is 73.9 Å². The van der Waals surface area contributed by atoms with Gasteiger partial charge in [-0.15, -0.1) is 0 Å². The van der Waals surface area contributed by atoms with Crippen molar-refractivity contribution >= 4 is 27.2 Å². The Labute approximate surface area is 267 Å². The van der Waals surface area contributed by atoms with E-state index in [0.717, 1.165) is 4.90 Å². The molecule has 0 aliphatic carbocycles. The molecule has 1 amide bonds. The Balaban J connectivity index is 1.56. The summed E-state index contributed by atoms with van der Waals surface area (Å²) in [6.07, 6.45) is -8.82. The zero-order valence-corrected chi connectivity index (χ0v) is 26.8. The van der Waals surface area contributed by atoms with E-state index in [0.29, 0.717) is 60.8 Å². The highest BCUT2D eigenvalue weighted by molar-refractivity contribution is 7.91. The summed E-state index contributed by atoms with van der Waals surface area (Å²) in [6, 6.07) is 6.53. The minimum atomic E-state index is -5.10. The van der Waals surface area contributed by atoms with Crippen LogP contribution in [-0.2, 0) is 32.4 Å². The molecule has 2 aliphatic heterocycles. The van der Waals surface area contributed by atoms with Crippen LogP contribution in [0.4, 0.5) is 42.2 Å². The first kappa shape index (κ1) is 34.6. The molecular formula is C32H33F7N4O3S. The molecule has 47 heavy (non-hydrogen) atoms. The second-order valence-corrected chi connectivity index (χ2v) is 14.8. The van der Waals surface area contributed by atoms with Gasteiger partial charge < -0.3 is 9.80 Å². The van der Waals surface area contributed by atoms with E-state index in [2.05, 4.69) is 9.88 Å². The zero-order chi connectivity index (χ0) is 34.7. The van der Waals surface area contributed by atoms with E-state index < -0.39 is 56.0 Å². The maximum Gasteiger partial charge on any atom is 0.416 e. The third-order valence-electron chi connectivity index (χ3n) is 8.92. The fourth-order valence-electron chi connectivity index (χ4n) is 6.18. The Bertz CT molecular complexity index is 1780. The lowest BCUT2D eigenvalue weighted by molar-refractivity contribution is -0.143. The molecule has 7 nitrogen and oxygen atoms in total. The fourth-order valence-corrected chi connectivity index (χ4v) is 7.76. The number of alkyl halides is 6. The number of fused-ring (bicyclic) bond motifs is 1. The highest BCUT2D eigenvalue weighted by Crippen LogP contribution is 2.41. The molecule has 1 aromatic heterocycles. The number of aromatic nitrogens is 1. The van der Waals surface area contributed by atoms with Crippen LogP contribution in [0.2, 0.25) is 0 Å². The molecule has 1 atom stereocenters. The molecule has 2 saturated heterocycles. The Hall–Kier alpha value is -3.72. The number of hydrogen-bond donors (Lipinski definition) is 0. The number of anilines is 2. The van der Waals surface area contributed by atoms with E-state index in [1.807, 2.05) is 4.90 Å². The minimum absolute atomic E-state index is 0.00340. The standard InChI is InChI=1S/C32H33F7N4O3S/c1-19-11-23(33)5-6-25(19)26-15-28(43-8-7-42-9-10-47(45,46)18-24(42)17-43)40-16-27(26)41(4)29(44)30(2,3)20-12-21(31(34,35)36)14-22(13-20)32(37,38)39/h5-6,11-16,24H,7-10,17-18H2,1-4H3/t24-/m0/s1. The monoisotopic (exact) mass is 686 g/mol. The second kappa shape index (κ2) is 12.1. The van der Waals surface area contributed by atoms with E-state index in [-0.39, 0.29) is 29.3 Å². The lowest BCUT2D eigenvalue weighted by Gasteiger charge is -2.44. The van der Waals surface area contributed by atoms with Crippen molar-refractivity contribution in [2.75, 3.05) is 54.5 Å². The van der Waals surface area contributed by atoms with Gasteiger partial charge in [0.1, 0.15) is 11.6 Å². The summed E-state index contributed by atoms with van der Waals surface area (Å²) < 4.78 is 121. The quantitative estimate of drug-likeness (QED) is 0.303. The smallest absolute Gasteiger partial charge is 0.354 e. The normalized spacial score (nSPS) is 19.0. The number of benzene rings is 2. The molecule has 15 heteroatoms. The number of piperazine rings is 1. The number of amides is 1. The number of sulfone groups is 1. The van der Waals surface area contributed by atoms with Crippen LogP contribution in [0.5, 0.6) is 0 Å². The van der Waals surface area contributed by atoms with Gasteiger partial charge in [0.2, 0.25) is 5.91 Å². The number of hydrogen-bond acceptors (Lipinski definition) is 6. The number of rotatable bonds is 5. The van der Waals surface area contributed by atoms with E-state index in [9.17, 15) is 43.9 Å². The molecule has 2 aliphatic rings. The van der Waals surface area contributed by atoms with Gasteiger partial charge in [0, 0.05) is 44.8 Å². The summed E-state index contributed by atoms with van der Waals surface area (Å²) in [7, 11) is -1.86. The summed E-state index contributed by atoms with van der Waals surface area (Å²) in [5.41, 5.74) is -3.82. The van der Waals surface area contributed by atoms with Gasteiger partial charge >= 0.3 is 12.4 Å². The number of likely N-dealkylation sites (N-methyl/N-ethyl adjacent to an activating group) is 1. The Kier molecular flexibility index (Phi) is 8.88. The molecule has 3 heterocycles. The molecule has 5 rings (SSSR count). The van der Waals surface area contributed by atoms with Crippen LogP contribution >= 0.6 is 0 Å². The zero-order valence-electron chi connectivity index (χ0n) is 26.0. The van der Waals surface area contributed by atoms with Crippen molar-refractivity contribution in [3.05, 3.63) is 76.7 Å². The molecule has 2 aromatic carbocycles. The van der Waals surface area contributed by atoms with Gasteiger partial charge in [-0.1, -0.05) is 6.07 Å². The summed E-state index contributed by atoms with van der Waals surface area (Å²) in [6.45, 7) is 6.06. The average molecular weight is 687 g/mol. The van der Waals surface area contributed by atoms with E-state index in [1.165, 1.54) is 45.3 Å². The van der Waals surface area contributed by atoms with Crippen LogP contribution in [0.1, 0.15) is 36.1 Å². The van der Waals surface area contributed by atoms with Crippen LogP contribution in [0.15, 0.2) is 48.7 Å². The highest BCUT2D eigenvalue weighted by atomic mass is 32.2. The summed E-state index contributed by atoms with van der Waals surface area (Å²) in [5.74, 6) is -0.764. The van der Waals surface area contributed by atoms with Crippen LogP contribution in [0.3, 0.4) is 0 Å². The number of pyridine rings is 1. The van der Waals surface area contributed by atoms with Crippen molar-refractivity contribution < 1.29 is 43.9 Å². The van der Waals surface area contributed by atoms with E-state index in [1.54, 1.807) is 13.0 Å². The topological polar surface area (TPSA) is 73.8 Å². The first-order valence-corrected chi connectivity index (χ1v) is 16.5. The van der Waals surface area contributed by atoms with Crippen molar-refractivity contribution in [1.82, 2.24) is 9.88 Å². The Morgan fingerprint density at radius 3 is 2.11 bits per heavy atom. The van der Waals surface area contributed by atoms with E-state index >= 15 is 0 Å². The number of nitrogens with zero attached hydrogens (tertiary/aromatic N) is 4. The largest absolute Gasteiger partial charge is 0.416 e. The second-order valence-electron chi connectivity index (χ2n) is 12.6. The first-order valence-electron chi connectivity index (χ1n) is 14.7. The third kappa shape index (κ3) is 7.10. The van der Waals surface area contributed by atoms with Gasteiger partial charge in [-0.3, -0.25) is 9.69 Å². The van der Waals surface area contributed by atoms with Gasteiger partial charge in [0.25, 0.3) is 0 Å². The summed E-state index contributed by atoms with van der Waals surface area (Å²) in [4.78, 5) is 23.7. The third-order valence-corrected chi connectivity index (χ3v) is 10.6. The van der Waals surface area contributed by atoms with Crippen molar-refractivity contribution in [2.24, 2.45) is 0 Å². The first-order chi connectivity index (χ1) is 21.7. The molecule has 0 unspecified atom stereocenters. The summed E-state index contributed by atoms with van der Waals surface area (Å²) in [5, 5.41) is 0. The lowest BCUT2D eigenvalue weighted by atomic mass is 9.81. The van der Waals surface area contributed by atoms with Crippen molar-refractivity contribution in [2.45, 2.75) is 44.6 Å². The molecule has 0 spiro atoms. The summed E-state index contributed by atoms with van der Waals surface area (Å²) >= 11 is 0. The van der Waals surface area contributed by atoms with Crippen molar-refractivity contribution in [3.63, 3.8) is 0 Å². The predicted octanol–water partition coefficient (Wildman–Crippen LogP) is 6.09. The van der Waals surface area contributed by atoms with Gasteiger partial charge in [0.15, 0.2) is 9.84 Å². The average Bonchev–Trinajstić information content (AvgIpc) is 2.98. The number of carbonyl (C=O) groups is 1. The van der Waals surface area contributed by atoms with Crippen molar-refractivity contribution in [3.8, 4) is 11.1 Å². The maximum absolute atomic E-state index is 14.1. The molecular weight excluding hydrogens is 653 g/mol. The molecule has 0 saturated carbocycles. The number of halogens is 7. The maximum atomic E-state index is 14.1. The SMILES string of the molecule is Cc1cc(F)ccc1-c1cc(N2CCN3CCS(=O)(=O)C[C@@H]3C2)ncc1N(C)C(=O)C(C)(C)c1cc(C(F)(F)F)cc(C(F)(F)F)c1. The minimum Gasteiger partial charge on any atom is -0.354 e. The molecule has 0 N–H and O–H groups in total. The Morgan fingerprint density at radius 1 is 0.894 bits per heavy atom. The van der Waals surface area contributed by atoms with Crippen molar-refractivity contribution in [1.29, 1.82) is 0 Å². The lowest BCUT2D eigenvalue weighted by Crippen LogP contribution is -2.59. The van der Waals surface area contributed by atoms with Crippen LogP contribution in [0.25, 0.3) is 11.1 Å². The number of carbonyl (C=O) groups excluding carboxylic acids is 1. The molecule has 0 radical (unpaired) electrons. The predicted molar refractivity (Wildman–Crippen MR) is 163 cm³/mol. The Morgan fingerprint density at radius 2 is 1.51 bits per heavy atom. The van der Waals surface area contributed by atoms with Gasteiger partial charge in [-0.2, -0.15) is 26.3 Å². The molecule has 254 valence electrons. The molecule has 2 fully saturated rings. The fraction of sp³-hybridized carbons (Fsp3) is 0.438. The van der Waals surface area contributed by atoms with Crippen LogP contribution < -0.4 is 9.80 Å².